The molecule has 1 aliphatic carbocycles. The third-order valence-electron chi connectivity index (χ3n) is 7.04. The number of halogens is 1. The first kappa shape index (κ1) is 21.0. The molecule has 5 N–H and O–H groups in total. The highest BCUT2D eigenvalue weighted by Gasteiger charge is 2.53. The molecule has 10 nitrogen and oxygen atoms in total. The van der Waals surface area contributed by atoms with Gasteiger partial charge in [-0.05, 0) is 31.9 Å². The van der Waals surface area contributed by atoms with E-state index in [4.69, 9.17) is 15.5 Å². The van der Waals surface area contributed by atoms with E-state index < -0.39 is 6.10 Å². The van der Waals surface area contributed by atoms with Crippen molar-refractivity contribution in [3.05, 3.63) is 36.2 Å². The summed E-state index contributed by atoms with van der Waals surface area (Å²) in [7, 11) is 1.74. The zero-order chi connectivity index (χ0) is 23.6. The quantitative estimate of drug-likeness (QED) is 0.351. The second kappa shape index (κ2) is 7.47. The van der Waals surface area contributed by atoms with Crippen molar-refractivity contribution in [1.82, 2.24) is 24.9 Å². The number of nitrogens with zero attached hydrogens (tertiary/aromatic N) is 5. The zero-order valence-electron chi connectivity index (χ0n) is 18.8. The topological polar surface area (TPSA) is 138 Å². The molecule has 34 heavy (non-hydrogen) atoms. The molecule has 2 atom stereocenters. The van der Waals surface area contributed by atoms with Crippen LogP contribution in [-0.4, -0.2) is 56.2 Å². The predicted octanol–water partition coefficient (Wildman–Crippen LogP) is 2.85. The van der Waals surface area contributed by atoms with Crippen LogP contribution in [0.3, 0.4) is 0 Å². The van der Waals surface area contributed by atoms with E-state index in [0.29, 0.717) is 34.1 Å². The SMILES string of the molecule is CNc1cc(F)cc2c1[nH]c1nc(Oc3cnc(C(C)O)nc3)nc(N3CC4(CC[C@H]4N)C3)c12. The van der Waals surface area contributed by atoms with Gasteiger partial charge in [-0.3, -0.25) is 0 Å². The number of hydrogen-bond donors (Lipinski definition) is 4. The fourth-order valence-corrected chi connectivity index (χ4v) is 4.97. The summed E-state index contributed by atoms with van der Waals surface area (Å²) in [5, 5.41) is 14.1. The molecule has 4 aromatic rings. The van der Waals surface area contributed by atoms with Crippen molar-refractivity contribution in [3.63, 3.8) is 0 Å². The summed E-state index contributed by atoms with van der Waals surface area (Å²) in [6, 6.07) is 3.25. The van der Waals surface area contributed by atoms with Crippen molar-refractivity contribution in [3.8, 4) is 11.8 Å². The number of aliphatic hydroxyl groups excluding tert-OH is 1. The van der Waals surface area contributed by atoms with Gasteiger partial charge in [-0.25, -0.2) is 14.4 Å². The summed E-state index contributed by atoms with van der Waals surface area (Å²) in [5.74, 6) is 0.962. The van der Waals surface area contributed by atoms with Gasteiger partial charge in [0.15, 0.2) is 11.6 Å². The first-order valence-electron chi connectivity index (χ1n) is 11.3. The molecular formula is C23H25FN8O2. The summed E-state index contributed by atoms with van der Waals surface area (Å²) in [6.45, 7) is 3.16. The zero-order valence-corrected chi connectivity index (χ0v) is 18.8. The van der Waals surface area contributed by atoms with Gasteiger partial charge < -0.3 is 30.8 Å². The Kier molecular flexibility index (Phi) is 4.61. The highest BCUT2D eigenvalue weighted by atomic mass is 19.1. The van der Waals surface area contributed by atoms with Crippen LogP contribution in [0, 0.1) is 11.2 Å². The van der Waals surface area contributed by atoms with Crippen LogP contribution in [0.2, 0.25) is 0 Å². The van der Waals surface area contributed by atoms with Crippen molar-refractivity contribution in [2.45, 2.75) is 31.9 Å². The van der Waals surface area contributed by atoms with E-state index >= 15 is 0 Å². The number of nitrogens with two attached hydrogens (primary N) is 1. The molecule has 1 spiro atoms. The van der Waals surface area contributed by atoms with Crippen LogP contribution in [0.1, 0.15) is 31.7 Å². The normalized spacial score (nSPS) is 19.8. The van der Waals surface area contributed by atoms with Crippen LogP contribution < -0.4 is 20.7 Å². The van der Waals surface area contributed by atoms with Gasteiger partial charge in [0, 0.05) is 37.0 Å². The number of ether oxygens (including phenoxy) is 1. The average molecular weight is 465 g/mol. The van der Waals surface area contributed by atoms with E-state index in [9.17, 15) is 9.50 Å². The van der Waals surface area contributed by atoms with Crippen LogP contribution in [0.25, 0.3) is 21.9 Å². The van der Waals surface area contributed by atoms with Crippen LogP contribution in [-0.2, 0) is 0 Å². The molecule has 0 bridgehead atoms. The number of hydrogen-bond acceptors (Lipinski definition) is 9. The van der Waals surface area contributed by atoms with Gasteiger partial charge >= 0.3 is 6.01 Å². The smallest absolute Gasteiger partial charge is 0.326 e. The van der Waals surface area contributed by atoms with E-state index in [0.717, 1.165) is 36.8 Å². The Morgan fingerprint density at radius 2 is 2.06 bits per heavy atom. The number of benzene rings is 1. The van der Waals surface area contributed by atoms with Gasteiger partial charge in [0.1, 0.15) is 23.4 Å². The summed E-state index contributed by atoms with van der Waals surface area (Å²) in [6.07, 6.45) is 4.29. The molecule has 4 heterocycles. The average Bonchev–Trinajstić information content (AvgIpc) is 3.15. The second-order valence-corrected chi connectivity index (χ2v) is 9.22. The van der Waals surface area contributed by atoms with Gasteiger partial charge in [0.25, 0.3) is 0 Å². The van der Waals surface area contributed by atoms with Crippen molar-refractivity contribution in [2.75, 3.05) is 30.4 Å². The Bertz CT molecular complexity index is 1400. The number of anilines is 2. The minimum atomic E-state index is -0.780. The van der Waals surface area contributed by atoms with Crippen LogP contribution >= 0.6 is 0 Å². The maximum Gasteiger partial charge on any atom is 0.326 e. The molecule has 0 radical (unpaired) electrons. The fourth-order valence-electron chi connectivity index (χ4n) is 4.97. The monoisotopic (exact) mass is 464 g/mol. The predicted molar refractivity (Wildman–Crippen MR) is 125 cm³/mol. The number of rotatable bonds is 5. The van der Waals surface area contributed by atoms with Gasteiger partial charge in [-0.15, -0.1) is 0 Å². The number of H-pyrrole nitrogens is 1. The Morgan fingerprint density at radius 1 is 1.29 bits per heavy atom. The molecule has 3 aromatic heterocycles. The summed E-state index contributed by atoms with van der Waals surface area (Å²) in [4.78, 5) is 23.0. The van der Waals surface area contributed by atoms with Gasteiger partial charge in [-0.2, -0.15) is 9.97 Å². The summed E-state index contributed by atoms with van der Waals surface area (Å²) >= 11 is 0. The molecule has 1 aromatic carbocycles. The number of aromatic nitrogens is 5. The van der Waals surface area contributed by atoms with Crippen molar-refractivity contribution in [1.29, 1.82) is 0 Å². The van der Waals surface area contributed by atoms with E-state index in [1.165, 1.54) is 24.5 Å². The molecule has 1 aliphatic heterocycles. The first-order chi connectivity index (χ1) is 16.4. The lowest BCUT2D eigenvalue weighted by atomic mass is 9.60. The molecule has 2 fully saturated rings. The van der Waals surface area contributed by atoms with Gasteiger partial charge in [-0.1, -0.05) is 0 Å². The van der Waals surface area contributed by atoms with Crippen molar-refractivity contribution < 1.29 is 14.2 Å². The Hall–Kier alpha value is -3.57. The van der Waals surface area contributed by atoms with Crippen molar-refractivity contribution >= 4 is 33.4 Å². The molecule has 1 saturated carbocycles. The largest absolute Gasteiger partial charge is 0.421 e. The fraction of sp³-hybridized carbons (Fsp3) is 0.391. The lowest BCUT2D eigenvalue weighted by molar-refractivity contribution is 0.0559. The van der Waals surface area contributed by atoms with E-state index in [1.54, 1.807) is 14.0 Å². The van der Waals surface area contributed by atoms with Crippen molar-refractivity contribution in [2.24, 2.45) is 11.1 Å². The number of aromatic amines is 1. The maximum atomic E-state index is 14.4. The standard InChI is InChI=1S/C23H25FN8O2/c1-11(33)19-27-7-13(8-28-19)34-22-30-20-17(14-5-12(24)6-15(26-2)18(14)29-20)21(31-22)32-9-23(10-32)4-3-16(23)25/h5-8,11,16,26,33H,3-4,9-10,25H2,1-2H3,(H,29,30,31)/t11?,16-/m1/s1. The molecule has 1 unspecified atom stereocenters. The molecule has 0 amide bonds. The number of nitrogens with one attached hydrogen (secondary N) is 2. The molecular weight excluding hydrogens is 439 g/mol. The minimum absolute atomic E-state index is 0.118. The second-order valence-electron chi connectivity index (χ2n) is 9.22. The maximum absolute atomic E-state index is 14.4. The van der Waals surface area contributed by atoms with E-state index in [2.05, 4.69) is 30.2 Å². The van der Waals surface area contributed by atoms with E-state index in [1.807, 2.05) is 0 Å². The lowest BCUT2D eigenvalue weighted by Crippen LogP contribution is -2.69. The Morgan fingerprint density at radius 3 is 2.68 bits per heavy atom. The lowest BCUT2D eigenvalue weighted by Gasteiger charge is -2.60. The third-order valence-corrected chi connectivity index (χ3v) is 7.04. The summed E-state index contributed by atoms with van der Waals surface area (Å²) in [5.41, 5.74) is 8.32. The van der Waals surface area contributed by atoms with Gasteiger partial charge in [0.2, 0.25) is 0 Å². The molecule has 1 saturated heterocycles. The van der Waals surface area contributed by atoms with Crippen LogP contribution in [0.5, 0.6) is 11.8 Å². The van der Waals surface area contributed by atoms with Gasteiger partial charge in [0.05, 0.1) is 29.0 Å². The number of fused-ring (bicyclic) bond motifs is 3. The van der Waals surface area contributed by atoms with Crippen LogP contribution in [0.15, 0.2) is 24.5 Å². The molecule has 6 rings (SSSR count). The highest BCUT2D eigenvalue weighted by Crippen LogP contribution is 2.50. The highest BCUT2D eigenvalue weighted by molar-refractivity contribution is 6.14. The van der Waals surface area contributed by atoms with E-state index in [-0.39, 0.29) is 23.3 Å². The Balaban J connectivity index is 1.46. The molecule has 11 heteroatoms. The third kappa shape index (κ3) is 3.15. The summed E-state index contributed by atoms with van der Waals surface area (Å²) < 4.78 is 20.3. The first-order valence-corrected chi connectivity index (χ1v) is 11.3. The number of aliphatic hydroxyl groups is 1. The Labute approximate surface area is 194 Å². The molecule has 2 aliphatic rings. The molecule has 176 valence electrons. The van der Waals surface area contributed by atoms with Crippen LogP contribution in [0.4, 0.5) is 15.9 Å². The minimum Gasteiger partial charge on any atom is -0.421 e.